The van der Waals surface area contributed by atoms with Crippen molar-refractivity contribution in [3.05, 3.63) is 48.4 Å². The van der Waals surface area contributed by atoms with Crippen molar-refractivity contribution < 1.29 is 4.74 Å². The number of nitrogens with zero attached hydrogens (tertiary/aromatic N) is 1. The summed E-state index contributed by atoms with van der Waals surface area (Å²) in [5.41, 5.74) is 0. The highest BCUT2D eigenvalue weighted by Gasteiger charge is 1.99. The molecule has 0 fully saturated rings. The van der Waals surface area contributed by atoms with Crippen LogP contribution in [0.1, 0.15) is 12.8 Å². The van der Waals surface area contributed by atoms with E-state index in [0.29, 0.717) is 5.88 Å². The van der Waals surface area contributed by atoms with Crippen LogP contribution in [0.4, 0.5) is 0 Å². The molecule has 2 rings (SSSR count). The van der Waals surface area contributed by atoms with E-state index in [1.807, 2.05) is 24.3 Å². The molecular formula is C11H11NO. The number of aromatic nitrogens is 1. The van der Waals surface area contributed by atoms with Crippen molar-refractivity contribution >= 4 is 0 Å². The fourth-order valence-electron chi connectivity index (χ4n) is 1.19. The molecule has 0 radical (unpaired) electrons. The quantitative estimate of drug-likeness (QED) is 0.686. The van der Waals surface area contributed by atoms with E-state index < -0.39 is 0 Å². The molecule has 0 unspecified atom stereocenters. The summed E-state index contributed by atoms with van der Waals surface area (Å²) >= 11 is 0. The van der Waals surface area contributed by atoms with Crippen LogP contribution < -0.4 is 4.74 Å². The van der Waals surface area contributed by atoms with Gasteiger partial charge in [-0.25, -0.2) is 4.98 Å². The van der Waals surface area contributed by atoms with Crippen molar-refractivity contribution in [2.75, 3.05) is 0 Å². The van der Waals surface area contributed by atoms with Crippen LogP contribution in [-0.2, 0) is 0 Å². The van der Waals surface area contributed by atoms with Gasteiger partial charge >= 0.3 is 0 Å². The summed E-state index contributed by atoms with van der Waals surface area (Å²) in [7, 11) is 0. The molecule has 2 heteroatoms. The first-order valence-corrected chi connectivity index (χ1v) is 4.41. The molecule has 0 bridgehead atoms. The summed E-state index contributed by atoms with van der Waals surface area (Å²) < 4.78 is 5.52. The SMILES string of the molecule is C1=CC(Oc2ccccn2)=CCC1. The molecule has 0 N–H and O–H groups in total. The van der Waals surface area contributed by atoms with Crippen molar-refractivity contribution in [1.29, 1.82) is 0 Å². The van der Waals surface area contributed by atoms with Gasteiger partial charge in [0.25, 0.3) is 0 Å². The molecule has 0 atom stereocenters. The lowest BCUT2D eigenvalue weighted by Crippen LogP contribution is -1.96. The maximum absolute atomic E-state index is 5.52. The Morgan fingerprint density at radius 1 is 1.23 bits per heavy atom. The van der Waals surface area contributed by atoms with Gasteiger partial charge in [-0.15, -0.1) is 0 Å². The largest absolute Gasteiger partial charge is 0.439 e. The van der Waals surface area contributed by atoms with E-state index in [-0.39, 0.29) is 0 Å². The van der Waals surface area contributed by atoms with E-state index in [2.05, 4.69) is 17.1 Å². The van der Waals surface area contributed by atoms with Gasteiger partial charge in [-0.05, 0) is 31.1 Å². The number of pyridine rings is 1. The average molecular weight is 173 g/mol. The van der Waals surface area contributed by atoms with Crippen molar-refractivity contribution in [2.45, 2.75) is 12.8 Å². The average Bonchev–Trinajstić information content (AvgIpc) is 2.21. The van der Waals surface area contributed by atoms with Gasteiger partial charge in [0.1, 0.15) is 5.76 Å². The molecule has 0 spiro atoms. The van der Waals surface area contributed by atoms with Gasteiger partial charge in [-0.3, -0.25) is 0 Å². The Balaban J connectivity index is 2.06. The summed E-state index contributed by atoms with van der Waals surface area (Å²) in [6.45, 7) is 0. The van der Waals surface area contributed by atoms with Crippen molar-refractivity contribution in [1.82, 2.24) is 4.98 Å². The van der Waals surface area contributed by atoms with Crippen LogP contribution in [-0.4, -0.2) is 4.98 Å². The molecule has 0 aliphatic heterocycles. The van der Waals surface area contributed by atoms with Crippen LogP contribution in [0.3, 0.4) is 0 Å². The van der Waals surface area contributed by atoms with E-state index in [9.17, 15) is 0 Å². The van der Waals surface area contributed by atoms with Crippen molar-refractivity contribution in [3.8, 4) is 5.88 Å². The molecular weight excluding hydrogens is 162 g/mol. The third-order valence-corrected chi connectivity index (χ3v) is 1.82. The van der Waals surface area contributed by atoms with E-state index in [1.165, 1.54) is 0 Å². The lowest BCUT2D eigenvalue weighted by atomic mass is 10.2. The zero-order valence-electron chi connectivity index (χ0n) is 7.31. The number of ether oxygens (including phenoxy) is 1. The Bertz CT molecular complexity index is 327. The lowest BCUT2D eigenvalue weighted by Gasteiger charge is -2.07. The topological polar surface area (TPSA) is 22.1 Å². The number of hydrogen-bond acceptors (Lipinski definition) is 2. The van der Waals surface area contributed by atoms with Gasteiger partial charge in [-0.2, -0.15) is 0 Å². The van der Waals surface area contributed by atoms with E-state index in [1.54, 1.807) is 6.20 Å². The summed E-state index contributed by atoms with van der Waals surface area (Å²) in [4.78, 5) is 4.08. The van der Waals surface area contributed by atoms with E-state index >= 15 is 0 Å². The predicted molar refractivity (Wildman–Crippen MR) is 51.3 cm³/mol. The smallest absolute Gasteiger partial charge is 0.219 e. The Hall–Kier alpha value is -1.57. The second-order valence-corrected chi connectivity index (χ2v) is 2.86. The molecule has 0 amide bonds. The molecule has 66 valence electrons. The van der Waals surface area contributed by atoms with Crippen LogP contribution >= 0.6 is 0 Å². The molecule has 1 aromatic heterocycles. The van der Waals surface area contributed by atoms with Crippen LogP contribution in [0.5, 0.6) is 5.88 Å². The van der Waals surface area contributed by atoms with Gasteiger partial charge in [-0.1, -0.05) is 12.1 Å². The van der Waals surface area contributed by atoms with Crippen molar-refractivity contribution in [3.63, 3.8) is 0 Å². The molecule has 2 nitrogen and oxygen atoms in total. The Morgan fingerprint density at radius 2 is 2.23 bits per heavy atom. The number of rotatable bonds is 2. The van der Waals surface area contributed by atoms with Gasteiger partial charge in [0.15, 0.2) is 0 Å². The minimum absolute atomic E-state index is 0.653. The minimum atomic E-state index is 0.653. The predicted octanol–water partition coefficient (Wildman–Crippen LogP) is 2.69. The third kappa shape index (κ3) is 2.18. The summed E-state index contributed by atoms with van der Waals surface area (Å²) in [6.07, 6.45) is 10.1. The second-order valence-electron chi connectivity index (χ2n) is 2.86. The van der Waals surface area contributed by atoms with Gasteiger partial charge in [0, 0.05) is 12.3 Å². The molecule has 0 saturated heterocycles. The maximum atomic E-state index is 5.52. The number of allylic oxidation sites excluding steroid dienone is 3. The molecule has 1 aromatic rings. The van der Waals surface area contributed by atoms with Gasteiger partial charge in [0.2, 0.25) is 5.88 Å². The highest BCUT2D eigenvalue weighted by Crippen LogP contribution is 2.14. The van der Waals surface area contributed by atoms with Gasteiger partial charge < -0.3 is 4.74 Å². The maximum Gasteiger partial charge on any atom is 0.219 e. The standard InChI is InChI=1S/C11H11NO/c1-2-6-10(7-3-1)13-11-8-4-5-9-12-11/h2,4-9H,1,3H2. The molecule has 1 aliphatic carbocycles. The highest BCUT2D eigenvalue weighted by atomic mass is 16.5. The van der Waals surface area contributed by atoms with Crippen molar-refractivity contribution in [2.24, 2.45) is 0 Å². The normalized spacial score (nSPS) is 15.2. The van der Waals surface area contributed by atoms with E-state index in [4.69, 9.17) is 4.74 Å². The number of hydrogen-bond donors (Lipinski definition) is 0. The molecule has 0 aromatic carbocycles. The molecule has 0 saturated carbocycles. The Morgan fingerprint density at radius 3 is 2.92 bits per heavy atom. The van der Waals surface area contributed by atoms with Crippen LogP contribution in [0.25, 0.3) is 0 Å². The molecule has 1 heterocycles. The van der Waals surface area contributed by atoms with Crippen LogP contribution in [0.15, 0.2) is 48.4 Å². The summed E-state index contributed by atoms with van der Waals surface area (Å²) in [6, 6.07) is 5.64. The first-order valence-electron chi connectivity index (χ1n) is 4.41. The monoisotopic (exact) mass is 173 g/mol. The zero-order valence-corrected chi connectivity index (χ0v) is 7.31. The zero-order chi connectivity index (χ0) is 8.93. The fraction of sp³-hybridized carbons (Fsp3) is 0.182. The minimum Gasteiger partial charge on any atom is -0.439 e. The highest BCUT2D eigenvalue weighted by molar-refractivity contribution is 5.22. The third-order valence-electron chi connectivity index (χ3n) is 1.82. The fourth-order valence-corrected chi connectivity index (χ4v) is 1.19. The summed E-state index contributed by atoms with van der Waals surface area (Å²) in [5.74, 6) is 1.55. The van der Waals surface area contributed by atoms with Crippen LogP contribution in [0, 0.1) is 0 Å². The van der Waals surface area contributed by atoms with E-state index in [0.717, 1.165) is 18.6 Å². The lowest BCUT2D eigenvalue weighted by molar-refractivity contribution is 0.422. The van der Waals surface area contributed by atoms with Crippen LogP contribution in [0.2, 0.25) is 0 Å². The second kappa shape index (κ2) is 3.90. The molecule has 1 aliphatic rings. The van der Waals surface area contributed by atoms with Gasteiger partial charge in [0.05, 0.1) is 0 Å². The Kier molecular flexibility index (Phi) is 2.41. The first kappa shape index (κ1) is 8.05. The summed E-state index contributed by atoms with van der Waals surface area (Å²) in [5, 5.41) is 0. The Labute approximate surface area is 77.6 Å². The molecule has 13 heavy (non-hydrogen) atoms. The first-order chi connectivity index (χ1) is 6.45.